The molecule has 0 fully saturated rings. The molecule has 1 N–H and O–H groups in total. The van der Waals surface area contributed by atoms with E-state index in [1.165, 1.54) is 12.1 Å². The number of hydrogen-bond acceptors (Lipinski definition) is 3. The second kappa shape index (κ2) is 5.37. The van der Waals surface area contributed by atoms with E-state index >= 15 is 0 Å². The minimum absolute atomic E-state index is 0.0138. The first-order chi connectivity index (χ1) is 9.82. The lowest BCUT2D eigenvalue weighted by Crippen LogP contribution is -2.07. The summed E-state index contributed by atoms with van der Waals surface area (Å²) in [6.45, 7) is 1.61. The Morgan fingerprint density at radius 1 is 1.19 bits per heavy atom. The summed E-state index contributed by atoms with van der Waals surface area (Å²) in [4.78, 5) is 0. The number of benzene rings is 2. The fourth-order valence-corrected chi connectivity index (χ4v) is 1.77. The topological polar surface area (TPSA) is 53.2 Å². The van der Waals surface area contributed by atoms with E-state index in [0.29, 0.717) is 11.3 Å². The van der Waals surface area contributed by atoms with Crippen molar-refractivity contribution in [1.82, 2.24) is 0 Å². The van der Waals surface area contributed by atoms with Crippen molar-refractivity contribution in [2.75, 3.05) is 0 Å². The van der Waals surface area contributed by atoms with Gasteiger partial charge < -0.3 is 9.84 Å². The lowest BCUT2D eigenvalue weighted by molar-refractivity contribution is -0.137. The SMILES string of the molecule is Cc1c(O)cccc1Oc1ccc(C(F)(F)F)c(C#N)c1. The number of phenols is 1. The predicted octanol–water partition coefficient (Wildman–Crippen LogP) is 4.38. The fraction of sp³-hybridized carbons (Fsp3) is 0.133. The molecule has 3 nitrogen and oxygen atoms in total. The zero-order valence-corrected chi connectivity index (χ0v) is 10.9. The Labute approximate surface area is 118 Å². The first kappa shape index (κ1) is 14.7. The number of rotatable bonds is 2. The number of hydrogen-bond donors (Lipinski definition) is 1. The summed E-state index contributed by atoms with van der Waals surface area (Å²) in [5, 5.41) is 18.4. The first-order valence-electron chi connectivity index (χ1n) is 5.90. The van der Waals surface area contributed by atoms with Gasteiger partial charge in [-0.3, -0.25) is 0 Å². The standard InChI is InChI=1S/C15H10F3NO2/c1-9-13(20)3-2-4-14(9)21-11-5-6-12(15(16,17)18)10(7-11)8-19/h2-7,20H,1H3. The molecule has 108 valence electrons. The minimum Gasteiger partial charge on any atom is -0.508 e. The quantitative estimate of drug-likeness (QED) is 0.893. The van der Waals surface area contributed by atoms with Crippen molar-refractivity contribution in [2.45, 2.75) is 13.1 Å². The molecule has 0 aliphatic heterocycles. The van der Waals surface area contributed by atoms with Gasteiger partial charge in [-0.25, -0.2) is 0 Å². The van der Waals surface area contributed by atoms with E-state index in [4.69, 9.17) is 10.00 Å². The zero-order valence-electron chi connectivity index (χ0n) is 10.9. The molecule has 2 aromatic carbocycles. The maximum atomic E-state index is 12.7. The molecular weight excluding hydrogens is 283 g/mol. The third kappa shape index (κ3) is 3.08. The van der Waals surface area contributed by atoms with E-state index in [1.807, 2.05) is 0 Å². The molecule has 0 unspecified atom stereocenters. The van der Waals surface area contributed by atoms with Crippen LogP contribution in [0, 0.1) is 18.3 Å². The Bertz CT molecular complexity index is 718. The molecule has 0 atom stereocenters. The lowest BCUT2D eigenvalue weighted by Gasteiger charge is -2.12. The van der Waals surface area contributed by atoms with Crippen molar-refractivity contribution in [2.24, 2.45) is 0 Å². The van der Waals surface area contributed by atoms with Crippen LogP contribution in [0.25, 0.3) is 0 Å². The third-order valence-corrected chi connectivity index (χ3v) is 2.90. The average Bonchev–Trinajstić information content (AvgIpc) is 2.42. The Kier molecular flexibility index (Phi) is 3.76. The second-order valence-electron chi connectivity index (χ2n) is 4.32. The van der Waals surface area contributed by atoms with E-state index in [2.05, 4.69) is 0 Å². The molecule has 0 saturated heterocycles. The molecule has 0 bridgehead atoms. The van der Waals surface area contributed by atoms with Gasteiger partial charge in [-0.2, -0.15) is 18.4 Å². The van der Waals surface area contributed by atoms with Crippen molar-refractivity contribution in [3.63, 3.8) is 0 Å². The zero-order chi connectivity index (χ0) is 15.6. The number of halogens is 3. The molecule has 0 saturated carbocycles. The predicted molar refractivity (Wildman–Crippen MR) is 69.1 cm³/mol. The van der Waals surface area contributed by atoms with Gasteiger partial charge in [0.25, 0.3) is 0 Å². The van der Waals surface area contributed by atoms with Crippen LogP contribution in [0.4, 0.5) is 13.2 Å². The highest BCUT2D eigenvalue weighted by Gasteiger charge is 2.33. The van der Waals surface area contributed by atoms with Crippen LogP contribution in [0.2, 0.25) is 0 Å². The summed E-state index contributed by atoms with van der Waals surface area (Å²) in [5.74, 6) is 0.409. The summed E-state index contributed by atoms with van der Waals surface area (Å²) >= 11 is 0. The highest BCUT2D eigenvalue weighted by molar-refractivity contribution is 5.48. The van der Waals surface area contributed by atoms with Crippen molar-refractivity contribution in [1.29, 1.82) is 5.26 Å². The second-order valence-corrected chi connectivity index (χ2v) is 4.32. The van der Waals surface area contributed by atoms with Gasteiger partial charge in [0.05, 0.1) is 17.2 Å². The van der Waals surface area contributed by atoms with Gasteiger partial charge in [0.2, 0.25) is 0 Å². The first-order valence-corrected chi connectivity index (χ1v) is 5.90. The van der Waals surface area contributed by atoms with Gasteiger partial charge in [0, 0.05) is 5.56 Å². The van der Waals surface area contributed by atoms with Crippen molar-refractivity contribution in [3.8, 4) is 23.3 Å². The smallest absolute Gasteiger partial charge is 0.417 e. The monoisotopic (exact) mass is 293 g/mol. The Hall–Kier alpha value is -2.68. The van der Waals surface area contributed by atoms with Crippen molar-refractivity contribution < 1.29 is 23.0 Å². The summed E-state index contributed by atoms with van der Waals surface area (Å²) in [7, 11) is 0. The van der Waals surface area contributed by atoms with Crippen LogP contribution in [0.1, 0.15) is 16.7 Å². The van der Waals surface area contributed by atoms with Gasteiger partial charge in [-0.15, -0.1) is 0 Å². The molecule has 0 heterocycles. The Morgan fingerprint density at radius 3 is 2.52 bits per heavy atom. The molecule has 0 aromatic heterocycles. The third-order valence-electron chi connectivity index (χ3n) is 2.90. The molecule has 0 aliphatic rings. The summed E-state index contributed by atoms with van der Waals surface area (Å²) in [6.07, 6.45) is -4.59. The molecule has 2 aromatic rings. The molecule has 0 amide bonds. The molecule has 0 aliphatic carbocycles. The number of alkyl halides is 3. The highest BCUT2D eigenvalue weighted by Crippen LogP contribution is 2.35. The van der Waals surface area contributed by atoms with Gasteiger partial charge in [-0.1, -0.05) is 6.07 Å². The van der Waals surface area contributed by atoms with E-state index < -0.39 is 17.3 Å². The van der Waals surface area contributed by atoms with Crippen LogP contribution in [0.3, 0.4) is 0 Å². The van der Waals surface area contributed by atoms with E-state index in [9.17, 15) is 18.3 Å². The Morgan fingerprint density at radius 2 is 1.90 bits per heavy atom. The van der Waals surface area contributed by atoms with Crippen LogP contribution in [0.15, 0.2) is 36.4 Å². The van der Waals surface area contributed by atoms with E-state index in [-0.39, 0.29) is 11.5 Å². The molecule has 0 spiro atoms. The van der Waals surface area contributed by atoms with Crippen LogP contribution >= 0.6 is 0 Å². The number of aromatic hydroxyl groups is 1. The minimum atomic E-state index is -4.59. The van der Waals surface area contributed by atoms with Crippen LogP contribution < -0.4 is 4.74 Å². The van der Waals surface area contributed by atoms with Gasteiger partial charge in [0.15, 0.2) is 0 Å². The van der Waals surface area contributed by atoms with Gasteiger partial charge in [-0.05, 0) is 37.3 Å². The summed E-state index contributed by atoms with van der Waals surface area (Å²) < 4.78 is 43.5. The fourth-order valence-electron chi connectivity index (χ4n) is 1.77. The van der Waals surface area contributed by atoms with Crippen molar-refractivity contribution in [3.05, 3.63) is 53.1 Å². The molecule has 2 rings (SSSR count). The van der Waals surface area contributed by atoms with Crippen LogP contribution in [-0.4, -0.2) is 5.11 Å². The number of nitrogens with zero attached hydrogens (tertiary/aromatic N) is 1. The largest absolute Gasteiger partial charge is 0.508 e. The van der Waals surface area contributed by atoms with Crippen LogP contribution in [0.5, 0.6) is 17.2 Å². The molecular formula is C15H10F3NO2. The number of nitriles is 1. The highest BCUT2D eigenvalue weighted by atomic mass is 19.4. The lowest BCUT2D eigenvalue weighted by atomic mass is 10.1. The van der Waals surface area contributed by atoms with Gasteiger partial charge in [0.1, 0.15) is 17.2 Å². The van der Waals surface area contributed by atoms with Crippen LogP contribution in [-0.2, 0) is 6.18 Å². The molecule has 0 radical (unpaired) electrons. The number of phenolic OH excluding ortho intramolecular Hbond substituents is 1. The maximum Gasteiger partial charge on any atom is 0.417 e. The average molecular weight is 293 g/mol. The molecule has 6 heteroatoms. The van der Waals surface area contributed by atoms with E-state index in [1.54, 1.807) is 19.1 Å². The van der Waals surface area contributed by atoms with E-state index in [0.717, 1.165) is 18.2 Å². The summed E-state index contributed by atoms with van der Waals surface area (Å²) in [6, 6.07) is 9.04. The normalized spacial score (nSPS) is 11.0. The Balaban J connectivity index is 2.39. The summed E-state index contributed by atoms with van der Waals surface area (Å²) in [5.41, 5.74) is -1.07. The molecule has 21 heavy (non-hydrogen) atoms. The maximum absolute atomic E-state index is 12.7. The van der Waals surface area contributed by atoms with Crippen molar-refractivity contribution >= 4 is 0 Å². The van der Waals surface area contributed by atoms with Gasteiger partial charge >= 0.3 is 6.18 Å². The number of ether oxygens (including phenoxy) is 1.